The number of benzene rings is 1. The van der Waals surface area contributed by atoms with Gasteiger partial charge in [0.25, 0.3) is 5.88 Å². The van der Waals surface area contributed by atoms with Crippen molar-refractivity contribution < 1.29 is 13.8 Å². The zero-order chi connectivity index (χ0) is 15.4. The molecule has 1 aromatic heterocycles. The average molecular weight is 314 g/mol. The van der Waals surface area contributed by atoms with E-state index >= 15 is 0 Å². The molecule has 0 radical (unpaired) electrons. The first kappa shape index (κ1) is 15.2. The maximum atomic E-state index is 13.1. The number of nitrogens with zero attached hydrogens (tertiary/aromatic N) is 3. The lowest BCUT2D eigenvalue weighted by Gasteiger charge is -2.09. The Morgan fingerprint density at radius 3 is 2.95 bits per heavy atom. The van der Waals surface area contributed by atoms with Crippen molar-refractivity contribution in [2.45, 2.75) is 13.0 Å². The third-order valence-electron chi connectivity index (χ3n) is 2.50. The summed E-state index contributed by atoms with van der Waals surface area (Å²) >= 11 is 5.67. The maximum absolute atomic E-state index is 13.1. The topological polar surface area (TPSA) is 113 Å². The van der Waals surface area contributed by atoms with E-state index in [2.05, 4.69) is 19.9 Å². The van der Waals surface area contributed by atoms with E-state index in [-0.39, 0.29) is 35.1 Å². The second kappa shape index (κ2) is 6.51. The van der Waals surface area contributed by atoms with Crippen LogP contribution < -0.4 is 16.2 Å². The fraction of sp³-hybridized carbons (Fsp3) is 0.250. The van der Waals surface area contributed by atoms with Crippen LogP contribution >= 0.6 is 11.6 Å². The van der Waals surface area contributed by atoms with Gasteiger partial charge in [-0.3, -0.25) is 0 Å². The number of hydrogen-bond acceptors (Lipinski definition) is 6. The molecule has 0 saturated carbocycles. The molecular weight excluding hydrogens is 301 g/mol. The fourth-order valence-corrected chi connectivity index (χ4v) is 1.57. The number of amidine groups is 1. The van der Waals surface area contributed by atoms with Crippen LogP contribution in [0.1, 0.15) is 12.6 Å². The number of aromatic nitrogens is 2. The standard InChI is InChI=1S/C12H13ClFN5O2/c1-6(5-15)20-12-10(18-21-19-12)11(16)17-7-2-3-9(14)8(13)4-7/h2-4,6H,5,15H2,1H3,(H2,16,17). The van der Waals surface area contributed by atoms with Crippen molar-refractivity contribution in [3.05, 3.63) is 34.7 Å². The van der Waals surface area contributed by atoms with Crippen molar-refractivity contribution >= 4 is 23.1 Å². The number of halogens is 2. The average Bonchev–Trinajstić information content (AvgIpc) is 2.91. The molecule has 0 aliphatic heterocycles. The van der Waals surface area contributed by atoms with Gasteiger partial charge in [-0.05, 0) is 35.4 Å². The normalized spacial score (nSPS) is 13.2. The molecule has 0 fully saturated rings. The van der Waals surface area contributed by atoms with Gasteiger partial charge in [-0.25, -0.2) is 14.0 Å². The highest BCUT2D eigenvalue weighted by atomic mass is 35.5. The van der Waals surface area contributed by atoms with Crippen molar-refractivity contribution in [1.29, 1.82) is 0 Å². The van der Waals surface area contributed by atoms with Gasteiger partial charge in [0, 0.05) is 6.54 Å². The summed E-state index contributed by atoms with van der Waals surface area (Å²) in [6.07, 6.45) is -0.288. The molecule has 0 amide bonds. The predicted octanol–water partition coefficient (Wildman–Crippen LogP) is 1.63. The lowest BCUT2D eigenvalue weighted by atomic mass is 10.3. The monoisotopic (exact) mass is 313 g/mol. The summed E-state index contributed by atoms with van der Waals surface area (Å²) in [4.78, 5) is 4.07. The lowest BCUT2D eigenvalue weighted by molar-refractivity contribution is 0.201. The van der Waals surface area contributed by atoms with Gasteiger partial charge < -0.3 is 16.2 Å². The summed E-state index contributed by atoms with van der Waals surface area (Å²) in [7, 11) is 0. The molecule has 2 aromatic rings. The van der Waals surface area contributed by atoms with Crippen molar-refractivity contribution in [1.82, 2.24) is 10.3 Å². The Morgan fingerprint density at radius 1 is 1.52 bits per heavy atom. The molecule has 1 aromatic carbocycles. The number of rotatable bonds is 5. The molecule has 7 nitrogen and oxygen atoms in total. The molecule has 112 valence electrons. The molecule has 0 aliphatic rings. The molecule has 1 atom stereocenters. The molecule has 0 saturated heterocycles. The van der Waals surface area contributed by atoms with Crippen LogP contribution in [0.5, 0.6) is 5.88 Å². The SMILES string of the molecule is CC(CN)Oc1nonc1C(N)=Nc1ccc(F)c(Cl)c1. The van der Waals surface area contributed by atoms with E-state index in [1.54, 1.807) is 6.92 Å². The van der Waals surface area contributed by atoms with Crippen molar-refractivity contribution in [2.24, 2.45) is 16.5 Å². The first-order valence-electron chi connectivity index (χ1n) is 6.00. The second-order valence-corrected chi connectivity index (χ2v) is 4.58. The van der Waals surface area contributed by atoms with Gasteiger partial charge in [-0.2, -0.15) is 0 Å². The summed E-state index contributed by atoms with van der Waals surface area (Å²) in [6, 6.07) is 3.94. The molecule has 4 N–H and O–H groups in total. The minimum Gasteiger partial charge on any atom is -0.469 e. The van der Waals surface area contributed by atoms with Crippen LogP contribution in [0.2, 0.25) is 5.02 Å². The van der Waals surface area contributed by atoms with Crippen LogP contribution in [0, 0.1) is 5.82 Å². The zero-order valence-electron chi connectivity index (χ0n) is 11.1. The van der Waals surface area contributed by atoms with Crippen molar-refractivity contribution in [2.75, 3.05) is 6.54 Å². The van der Waals surface area contributed by atoms with E-state index < -0.39 is 5.82 Å². The van der Waals surface area contributed by atoms with Gasteiger partial charge in [0.1, 0.15) is 11.9 Å². The van der Waals surface area contributed by atoms with Crippen LogP contribution in [0.25, 0.3) is 0 Å². The highest BCUT2D eigenvalue weighted by Gasteiger charge is 2.17. The third-order valence-corrected chi connectivity index (χ3v) is 2.79. The Labute approximate surface area is 124 Å². The molecule has 0 spiro atoms. The van der Waals surface area contributed by atoms with E-state index in [9.17, 15) is 4.39 Å². The van der Waals surface area contributed by atoms with E-state index in [4.69, 9.17) is 27.8 Å². The van der Waals surface area contributed by atoms with Gasteiger partial charge in [-0.1, -0.05) is 11.6 Å². The molecule has 1 unspecified atom stereocenters. The minimum atomic E-state index is -0.543. The number of hydrogen-bond donors (Lipinski definition) is 2. The molecular formula is C12H13ClFN5O2. The summed E-state index contributed by atoms with van der Waals surface area (Å²) in [5.74, 6) is -0.460. The molecule has 0 aliphatic carbocycles. The van der Waals surface area contributed by atoms with Crippen molar-refractivity contribution in [3.8, 4) is 5.88 Å². The highest BCUT2D eigenvalue weighted by Crippen LogP contribution is 2.23. The van der Waals surface area contributed by atoms with Crippen molar-refractivity contribution in [3.63, 3.8) is 0 Å². The fourth-order valence-electron chi connectivity index (χ4n) is 1.40. The maximum Gasteiger partial charge on any atom is 0.287 e. The third kappa shape index (κ3) is 3.67. The number of nitrogens with two attached hydrogens (primary N) is 2. The Kier molecular flexibility index (Phi) is 4.71. The second-order valence-electron chi connectivity index (χ2n) is 4.18. The van der Waals surface area contributed by atoms with Gasteiger partial charge in [0.05, 0.1) is 10.7 Å². The largest absolute Gasteiger partial charge is 0.469 e. The Morgan fingerprint density at radius 2 is 2.29 bits per heavy atom. The van der Waals surface area contributed by atoms with Gasteiger partial charge >= 0.3 is 0 Å². The summed E-state index contributed by atoms with van der Waals surface area (Å²) in [6.45, 7) is 2.04. The van der Waals surface area contributed by atoms with E-state index in [1.807, 2.05) is 0 Å². The van der Waals surface area contributed by atoms with Gasteiger partial charge in [-0.15, -0.1) is 0 Å². The number of aliphatic imine (C=N–C) groups is 1. The zero-order valence-corrected chi connectivity index (χ0v) is 11.8. The molecule has 9 heteroatoms. The molecule has 21 heavy (non-hydrogen) atoms. The molecule has 1 heterocycles. The van der Waals surface area contributed by atoms with Crippen LogP contribution in [-0.4, -0.2) is 28.8 Å². The quantitative estimate of drug-likeness (QED) is 0.640. The molecule has 2 rings (SSSR count). The smallest absolute Gasteiger partial charge is 0.287 e. The minimum absolute atomic E-state index is 0.00172. The highest BCUT2D eigenvalue weighted by molar-refractivity contribution is 6.31. The van der Waals surface area contributed by atoms with E-state index in [0.29, 0.717) is 5.69 Å². The Hall–Kier alpha value is -2.19. The van der Waals surface area contributed by atoms with Crippen LogP contribution in [-0.2, 0) is 0 Å². The molecule has 0 bridgehead atoms. The summed E-state index contributed by atoms with van der Waals surface area (Å²) < 4.78 is 23.1. The lowest BCUT2D eigenvalue weighted by Crippen LogP contribution is -2.24. The van der Waals surface area contributed by atoms with E-state index in [0.717, 1.165) is 0 Å². The van der Waals surface area contributed by atoms with Gasteiger partial charge in [0.2, 0.25) is 5.69 Å². The summed E-state index contributed by atoms with van der Waals surface area (Å²) in [5.41, 5.74) is 11.8. The Balaban J connectivity index is 2.27. The van der Waals surface area contributed by atoms with E-state index in [1.165, 1.54) is 18.2 Å². The predicted molar refractivity (Wildman–Crippen MR) is 75.2 cm³/mol. The van der Waals surface area contributed by atoms with Crippen LogP contribution in [0.15, 0.2) is 27.8 Å². The van der Waals surface area contributed by atoms with Crippen LogP contribution in [0.3, 0.4) is 0 Å². The Bertz CT molecular complexity index is 661. The van der Waals surface area contributed by atoms with Crippen LogP contribution in [0.4, 0.5) is 10.1 Å². The number of ether oxygens (including phenoxy) is 1. The summed E-state index contributed by atoms with van der Waals surface area (Å²) in [5, 5.41) is 7.15. The first-order chi connectivity index (χ1) is 10.0. The first-order valence-corrected chi connectivity index (χ1v) is 6.38. The van der Waals surface area contributed by atoms with Gasteiger partial charge in [0.15, 0.2) is 5.84 Å².